The Hall–Kier alpha value is -3.55. The average Bonchev–Trinajstić information content (AvgIpc) is 2.67. The molecule has 1 aromatic rings. The molecule has 0 radical (unpaired) electrons. The third kappa shape index (κ3) is 5.71. The minimum absolute atomic E-state index is 0.180. The van der Waals surface area contributed by atoms with E-state index in [0.29, 0.717) is 28.4 Å². The van der Waals surface area contributed by atoms with Gasteiger partial charge in [-0.1, -0.05) is 49.1 Å². The van der Waals surface area contributed by atoms with Gasteiger partial charge in [0.15, 0.2) is 0 Å². The summed E-state index contributed by atoms with van der Waals surface area (Å²) >= 11 is 0. The Labute approximate surface area is 166 Å². The van der Waals surface area contributed by atoms with Crippen molar-refractivity contribution < 1.29 is 23.5 Å². The Balaban J connectivity index is 2.41. The van der Waals surface area contributed by atoms with Crippen LogP contribution in [0.25, 0.3) is 0 Å². The molecule has 4 N–H and O–H groups in total. The second-order valence-corrected chi connectivity index (χ2v) is 6.36. The van der Waals surface area contributed by atoms with Gasteiger partial charge in [0.2, 0.25) is 5.91 Å². The van der Waals surface area contributed by atoms with Crippen molar-refractivity contribution in [3.63, 3.8) is 0 Å². The minimum Gasteiger partial charge on any atom is -0.477 e. The molecule has 0 saturated heterocycles. The van der Waals surface area contributed by atoms with Crippen molar-refractivity contribution in [2.75, 3.05) is 0 Å². The van der Waals surface area contributed by atoms with Crippen LogP contribution in [0.2, 0.25) is 0 Å². The number of primary amides is 1. The number of rotatable bonds is 7. The number of carboxylic acids is 1. The monoisotopic (exact) mass is 401 g/mol. The van der Waals surface area contributed by atoms with E-state index in [-0.39, 0.29) is 6.42 Å². The van der Waals surface area contributed by atoms with Crippen LogP contribution in [0.5, 0.6) is 0 Å². The number of carbonyl (C=O) groups is 2. The van der Waals surface area contributed by atoms with Gasteiger partial charge in [0.1, 0.15) is 0 Å². The first-order valence-corrected chi connectivity index (χ1v) is 8.72. The first-order valence-electron chi connectivity index (χ1n) is 8.72. The highest BCUT2D eigenvalue weighted by atomic mass is 19.3. The number of nitrogens with zero attached hydrogens (tertiary/aromatic N) is 1. The van der Waals surface area contributed by atoms with Gasteiger partial charge in [-0.05, 0) is 19.4 Å². The molecular formula is C21H21F2N3O3. The van der Waals surface area contributed by atoms with Crippen molar-refractivity contribution in [2.24, 2.45) is 10.7 Å². The number of carboxylic acid groups (broad SMARTS) is 1. The molecule has 1 amide bonds. The van der Waals surface area contributed by atoms with E-state index < -0.39 is 24.2 Å². The van der Waals surface area contributed by atoms with Crippen LogP contribution in [0.3, 0.4) is 0 Å². The fourth-order valence-corrected chi connectivity index (χ4v) is 2.43. The van der Waals surface area contributed by atoms with Crippen LogP contribution >= 0.6 is 0 Å². The van der Waals surface area contributed by atoms with Crippen molar-refractivity contribution in [3.05, 3.63) is 83.4 Å². The lowest BCUT2D eigenvalue weighted by Gasteiger charge is -2.22. The number of alkyl halides is 2. The molecule has 6 nitrogen and oxygen atoms in total. The van der Waals surface area contributed by atoms with Gasteiger partial charge in [0, 0.05) is 17.6 Å². The highest BCUT2D eigenvalue weighted by molar-refractivity contribution is 6.13. The first-order chi connectivity index (χ1) is 13.6. The van der Waals surface area contributed by atoms with Crippen LogP contribution in [-0.4, -0.2) is 28.6 Å². The molecule has 0 atom stereocenters. The molecule has 0 fully saturated rings. The van der Waals surface area contributed by atoms with E-state index in [1.807, 2.05) is 6.07 Å². The highest BCUT2D eigenvalue weighted by Gasteiger charge is 2.37. The van der Waals surface area contributed by atoms with E-state index in [4.69, 9.17) is 10.8 Å². The largest absolute Gasteiger partial charge is 0.477 e. The Morgan fingerprint density at radius 1 is 1.31 bits per heavy atom. The van der Waals surface area contributed by atoms with Crippen LogP contribution in [0.15, 0.2) is 82.8 Å². The van der Waals surface area contributed by atoms with Gasteiger partial charge in [-0.2, -0.15) is 8.78 Å². The summed E-state index contributed by atoms with van der Waals surface area (Å²) in [4.78, 5) is 26.3. The highest BCUT2D eigenvalue weighted by Crippen LogP contribution is 2.24. The Bertz CT molecular complexity index is 945. The molecule has 0 aliphatic carbocycles. The van der Waals surface area contributed by atoms with Crippen molar-refractivity contribution in [3.8, 4) is 0 Å². The molecule has 152 valence electrons. The zero-order chi connectivity index (χ0) is 21.6. The van der Waals surface area contributed by atoms with Crippen molar-refractivity contribution in [2.45, 2.75) is 25.7 Å². The molecule has 0 bridgehead atoms. The standard InChI is InChI=1S/C21H21F2N3O3/c1-13(19(24)27)10-11-16-14(2)25-17(9-6-12-21(22,23)20(28)29)18(26-16)15-7-4-3-5-8-15/h3-5,7-11,25H,2,6,12H2,1H3,(H2,24,27)(H,28,29)/b13-10+,16-11+,17-9+. The molecule has 1 aliphatic rings. The molecule has 1 heterocycles. The Morgan fingerprint density at radius 3 is 2.55 bits per heavy atom. The molecule has 1 aliphatic heterocycles. The summed E-state index contributed by atoms with van der Waals surface area (Å²) in [6.45, 7) is 5.43. The molecule has 1 aromatic carbocycles. The predicted molar refractivity (Wildman–Crippen MR) is 106 cm³/mol. The van der Waals surface area contributed by atoms with Crippen LogP contribution in [0, 0.1) is 0 Å². The topological polar surface area (TPSA) is 105 Å². The second kappa shape index (κ2) is 9.09. The summed E-state index contributed by atoms with van der Waals surface area (Å²) in [5.74, 6) is -6.53. The lowest BCUT2D eigenvalue weighted by Crippen LogP contribution is -2.29. The van der Waals surface area contributed by atoms with Crippen molar-refractivity contribution in [1.82, 2.24) is 5.32 Å². The molecule has 8 heteroatoms. The number of hydrogen-bond acceptors (Lipinski definition) is 4. The molecule has 2 rings (SSSR count). The van der Waals surface area contributed by atoms with E-state index in [9.17, 15) is 18.4 Å². The SMILES string of the molecule is C=C1N/C(=C/CCC(F)(F)C(=O)O)C(c2ccccc2)=N/C1=C/C=C(\C)C(N)=O. The van der Waals surface area contributed by atoms with Crippen molar-refractivity contribution >= 4 is 17.6 Å². The van der Waals surface area contributed by atoms with Crippen LogP contribution < -0.4 is 11.1 Å². The lowest BCUT2D eigenvalue weighted by molar-refractivity contribution is -0.165. The summed E-state index contributed by atoms with van der Waals surface area (Å²) in [5.41, 5.74) is 8.03. The lowest BCUT2D eigenvalue weighted by atomic mass is 10.0. The minimum atomic E-state index is -3.81. The number of nitrogens with one attached hydrogen (secondary N) is 1. The zero-order valence-corrected chi connectivity index (χ0v) is 15.8. The quantitative estimate of drug-likeness (QED) is 0.610. The maximum Gasteiger partial charge on any atom is 0.374 e. The summed E-state index contributed by atoms with van der Waals surface area (Å²) in [6.07, 6.45) is 3.54. The molecule has 0 aromatic heterocycles. The number of aliphatic carboxylic acids is 1. The molecule has 0 unspecified atom stereocenters. The summed E-state index contributed by atoms with van der Waals surface area (Å²) < 4.78 is 26.7. The third-order valence-corrected chi connectivity index (χ3v) is 4.13. The number of carbonyl (C=O) groups excluding carboxylic acids is 1. The Kier molecular flexibility index (Phi) is 6.82. The van der Waals surface area contributed by atoms with Gasteiger partial charge in [-0.25, -0.2) is 9.79 Å². The van der Waals surface area contributed by atoms with E-state index >= 15 is 0 Å². The maximum absolute atomic E-state index is 13.4. The van der Waals surface area contributed by atoms with E-state index in [1.54, 1.807) is 37.3 Å². The van der Waals surface area contributed by atoms with Crippen LogP contribution in [0.4, 0.5) is 8.78 Å². The van der Waals surface area contributed by atoms with Gasteiger partial charge >= 0.3 is 11.9 Å². The third-order valence-electron chi connectivity index (χ3n) is 4.13. The summed E-state index contributed by atoms with van der Waals surface area (Å²) in [5, 5.41) is 11.6. The number of nitrogens with two attached hydrogens (primary N) is 1. The second-order valence-electron chi connectivity index (χ2n) is 6.36. The number of amides is 1. The predicted octanol–water partition coefficient (Wildman–Crippen LogP) is 3.29. The van der Waals surface area contributed by atoms with Gasteiger partial charge in [-0.15, -0.1) is 0 Å². The van der Waals surface area contributed by atoms with Gasteiger partial charge in [0.25, 0.3) is 0 Å². The first kappa shape index (κ1) is 21.7. The summed E-state index contributed by atoms with van der Waals surface area (Å²) in [6, 6.07) is 9.04. The van der Waals surface area contributed by atoms with E-state index in [2.05, 4.69) is 16.9 Å². The van der Waals surface area contributed by atoms with E-state index in [1.165, 1.54) is 12.2 Å². The normalized spacial score (nSPS) is 17.8. The molecule has 29 heavy (non-hydrogen) atoms. The number of halogens is 2. The fraction of sp³-hybridized carbons (Fsp3) is 0.190. The number of benzene rings is 1. The zero-order valence-electron chi connectivity index (χ0n) is 15.8. The van der Waals surface area contributed by atoms with Crippen LogP contribution in [-0.2, 0) is 9.59 Å². The average molecular weight is 401 g/mol. The summed E-state index contributed by atoms with van der Waals surface area (Å²) in [7, 11) is 0. The van der Waals surface area contributed by atoms with Gasteiger partial charge in [0.05, 0.1) is 22.8 Å². The van der Waals surface area contributed by atoms with Crippen LogP contribution in [0.1, 0.15) is 25.3 Å². The van der Waals surface area contributed by atoms with Gasteiger partial charge in [-0.3, -0.25) is 4.79 Å². The number of aliphatic imine (C=N–C) groups is 1. The Morgan fingerprint density at radius 2 is 1.97 bits per heavy atom. The number of allylic oxidation sites excluding steroid dienone is 4. The number of hydrogen-bond donors (Lipinski definition) is 3. The molecule has 0 saturated carbocycles. The fourth-order valence-electron chi connectivity index (χ4n) is 2.43. The maximum atomic E-state index is 13.4. The van der Waals surface area contributed by atoms with Crippen molar-refractivity contribution in [1.29, 1.82) is 0 Å². The molecular weight excluding hydrogens is 380 g/mol. The molecule has 0 spiro atoms. The van der Waals surface area contributed by atoms with E-state index in [0.717, 1.165) is 5.56 Å². The van der Waals surface area contributed by atoms with Gasteiger partial charge < -0.3 is 16.2 Å². The smallest absolute Gasteiger partial charge is 0.374 e.